The van der Waals surface area contributed by atoms with Gasteiger partial charge in [0.05, 0.1) is 5.75 Å². The number of aryl methyl sites for hydroxylation is 1. The Bertz CT molecular complexity index is 970. The third-order valence-corrected chi connectivity index (χ3v) is 6.39. The van der Waals surface area contributed by atoms with Crippen LogP contribution in [-0.4, -0.2) is 49.0 Å². The van der Waals surface area contributed by atoms with Crippen LogP contribution in [0.3, 0.4) is 0 Å². The largest absolute Gasteiger partial charge is 0.347 e. The molecule has 0 N–H and O–H groups in total. The number of carbonyl (C=O) groups excluding carboxylic acids is 1. The molecule has 7 heteroatoms. The summed E-state index contributed by atoms with van der Waals surface area (Å²) in [6, 6.07) is 8.40. The van der Waals surface area contributed by atoms with E-state index in [0.29, 0.717) is 5.75 Å². The van der Waals surface area contributed by atoms with Crippen molar-refractivity contribution in [2.45, 2.75) is 51.4 Å². The summed E-state index contributed by atoms with van der Waals surface area (Å²) in [5, 5.41) is 10.9. The number of likely N-dealkylation sites (tertiary alicyclic amines) is 1. The van der Waals surface area contributed by atoms with Crippen molar-refractivity contribution in [2.75, 3.05) is 18.8 Å². The van der Waals surface area contributed by atoms with Crippen LogP contribution in [0.1, 0.15) is 33.1 Å². The zero-order chi connectivity index (χ0) is 19.5. The van der Waals surface area contributed by atoms with Crippen molar-refractivity contribution in [1.29, 1.82) is 0 Å². The molecule has 0 aliphatic carbocycles. The van der Waals surface area contributed by atoms with E-state index in [1.165, 1.54) is 29.1 Å². The lowest BCUT2D eigenvalue weighted by atomic mass is 10.1. The monoisotopic (exact) mass is 397 g/mol. The minimum absolute atomic E-state index is 0.208. The molecule has 0 saturated carbocycles. The number of para-hydroxylation sites is 1. The number of hydrogen-bond acceptors (Lipinski definition) is 4. The van der Waals surface area contributed by atoms with Gasteiger partial charge in [0.25, 0.3) is 0 Å². The van der Waals surface area contributed by atoms with Crippen LogP contribution in [0, 0.1) is 0 Å². The third kappa shape index (κ3) is 3.55. The first-order chi connectivity index (χ1) is 13.7. The summed E-state index contributed by atoms with van der Waals surface area (Å²) in [5.74, 6) is 1.51. The van der Waals surface area contributed by atoms with Crippen LogP contribution < -0.4 is 0 Å². The topological polar surface area (TPSA) is 56.0 Å². The number of carbonyl (C=O) groups is 1. The Kier molecular flexibility index (Phi) is 5.71. The van der Waals surface area contributed by atoms with Crippen molar-refractivity contribution in [3.8, 4) is 11.4 Å². The first-order valence-corrected chi connectivity index (χ1v) is 11.1. The van der Waals surface area contributed by atoms with Gasteiger partial charge >= 0.3 is 0 Å². The van der Waals surface area contributed by atoms with Gasteiger partial charge in [-0.05, 0) is 39.2 Å². The van der Waals surface area contributed by atoms with E-state index in [-0.39, 0.29) is 5.91 Å². The Balaban J connectivity index is 1.59. The second-order valence-corrected chi connectivity index (χ2v) is 8.07. The van der Waals surface area contributed by atoms with Crippen molar-refractivity contribution in [3.63, 3.8) is 0 Å². The maximum absolute atomic E-state index is 12.5. The van der Waals surface area contributed by atoms with Crippen LogP contribution in [0.25, 0.3) is 22.3 Å². The highest BCUT2D eigenvalue weighted by Gasteiger charge is 2.21. The molecule has 3 aromatic rings. The molecule has 1 amide bonds. The van der Waals surface area contributed by atoms with Crippen LogP contribution in [0.2, 0.25) is 0 Å². The fraction of sp³-hybridized carbons (Fsp3) is 0.476. The number of amides is 1. The van der Waals surface area contributed by atoms with Gasteiger partial charge in [-0.2, -0.15) is 0 Å². The van der Waals surface area contributed by atoms with E-state index in [9.17, 15) is 4.79 Å². The summed E-state index contributed by atoms with van der Waals surface area (Å²) < 4.78 is 4.36. The van der Waals surface area contributed by atoms with Crippen LogP contribution in [0.4, 0.5) is 0 Å². The molecule has 1 aliphatic rings. The molecule has 1 fully saturated rings. The summed E-state index contributed by atoms with van der Waals surface area (Å²) in [7, 11) is 0. The van der Waals surface area contributed by atoms with Gasteiger partial charge in [-0.3, -0.25) is 4.79 Å². The Labute approximate surface area is 169 Å². The highest BCUT2D eigenvalue weighted by Crippen LogP contribution is 2.31. The molecule has 0 radical (unpaired) electrons. The summed E-state index contributed by atoms with van der Waals surface area (Å²) in [6.07, 6.45) is 5.63. The number of aromatic nitrogens is 4. The van der Waals surface area contributed by atoms with Crippen LogP contribution in [-0.2, 0) is 17.9 Å². The molecule has 0 bridgehead atoms. The van der Waals surface area contributed by atoms with Crippen molar-refractivity contribution in [1.82, 2.24) is 24.2 Å². The van der Waals surface area contributed by atoms with Crippen LogP contribution in [0.15, 0.2) is 35.6 Å². The standard InChI is InChI=1S/C21H27N5OS/c1-3-24-14-17(16-10-6-7-11-18(16)24)20-22-23-21(26(20)4-2)28-15-19(27)25-12-8-5-9-13-25/h6-7,10-11,14H,3-5,8-9,12-13,15H2,1-2H3. The van der Waals surface area contributed by atoms with Gasteiger partial charge in [0.15, 0.2) is 11.0 Å². The van der Waals surface area contributed by atoms with Crippen LogP contribution >= 0.6 is 11.8 Å². The molecule has 1 saturated heterocycles. The number of piperidine rings is 1. The van der Waals surface area contributed by atoms with E-state index in [0.717, 1.165) is 55.6 Å². The van der Waals surface area contributed by atoms with Crippen molar-refractivity contribution >= 4 is 28.6 Å². The summed E-state index contributed by atoms with van der Waals surface area (Å²) in [5.41, 5.74) is 2.31. The number of thioether (sulfide) groups is 1. The van der Waals surface area contributed by atoms with Crippen LogP contribution in [0.5, 0.6) is 0 Å². The lowest BCUT2D eigenvalue weighted by Crippen LogP contribution is -2.36. The van der Waals surface area contributed by atoms with Gasteiger partial charge in [-0.15, -0.1) is 10.2 Å². The second-order valence-electron chi connectivity index (χ2n) is 7.13. The summed E-state index contributed by atoms with van der Waals surface area (Å²) in [4.78, 5) is 14.5. The van der Waals surface area contributed by atoms with Gasteiger partial charge in [0.1, 0.15) is 0 Å². The number of hydrogen-bond donors (Lipinski definition) is 0. The zero-order valence-electron chi connectivity index (χ0n) is 16.6. The molecule has 1 aromatic carbocycles. The fourth-order valence-electron chi connectivity index (χ4n) is 3.93. The molecule has 6 nitrogen and oxygen atoms in total. The van der Waals surface area contributed by atoms with Crippen molar-refractivity contribution in [3.05, 3.63) is 30.5 Å². The maximum Gasteiger partial charge on any atom is 0.233 e. The molecule has 28 heavy (non-hydrogen) atoms. The third-order valence-electron chi connectivity index (χ3n) is 5.44. The molecular formula is C21H27N5OS. The molecule has 4 rings (SSSR count). The first kappa shape index (κ1) is 19.1. The van der Waals surface area contributed by atoms with Crippen molar-refractivity contribution < 1.29 is 4.79 Å². The summed E-state index contributed by atoms with van der Waals surface area (Å²) >= 11 is 1.50. The zero-order valence-corrected chi connectivity index (χ0v) is 17.4. The Morgan fingerprint density at radius 1 is 1.07 bits per heavy atom. The van der Waals surface area contributed by atoms with E-state index >= 15 is 0 Å². The molecule has 0 atom stereocenters. The Hall–Kier alpha value is -2.28. The first-order valence-electron chi connectivity index (χ1n) is 10.1. The van der Waals surface area contributed by atoms with E-state index in [4.69, 9.17) is 0 Å². The quantitative estimate of drug-likeness (QED) is 0.589. The average Bonchev–Trinajstić information content (AvgIpc) is 3.33. The molecule has 0 unspecified atom stereocenters. The molecule has 2 aromatic heterocycles. The SMILES string of the molecule is CCn1c(SCC(=O)N2CCCCC2)nnc1-c1cn(CC)c2ccccc12. The molecule has 0 spiro atoms. The average molecular weight is 398 g/mol. The fourth-order valence-corrected chi connectivity index (χ4v) is 4.83. The Morgan fingerprint density at radius 3 is 2.61 bits per heavy atom. The van der Waals surface area contributed by atoms with Gasteiger partial charge in [-0.25, -0.2) is 0 Å². The van der Waals surface area contributed by atoms with E-state index < -0.39 is 0 Å². The smallest absolute Gasteiger partial charge is 0.233 e. The molecular weight excluding hydrogens is 370 g/mol. The molecule has 3 heterocycles. The van der Waals surface area contributed by atoms with E-state index in [1.54, 1.807) is 0 Å². The van der Waals surface area contributed by atoms with Gasteiger partial charge in [-0.1, -0.05) is 30.0 Å². The summed E-state index contributed by atoms with van der Waals surface area (Å²) in [6.45, 7) is 7.71. The van der Waals surface area contributed by atoms with Gasteiger partial charge in [0, 0.05) is 48.8 Å². The highest BCUT2D eigenvalue weighted by molar-refractivity contribution is 7.99. The minimum Gasteiger partial charge on any atom is -0.347 e. The normalized spacial score (nSPS) is 14.7. The van der Waals surface area contributed by atoms with Crippen molar-refractivity contribution in [2.24, 2.45) is 0 Å². The lowest BCUT2D eigenvalue weighted by molar-refractivity contribution is -0.129. The minimum atomic E-state index is 0.208. The highest BCUT2D eigenvalue weighted by atomic mass is 32.2. The van der Waals surface area contributed by atoms with Gasteiger partial charge < -0.3 is 14.0 Å². The molecule has 148 valence electrons. The maximum atomic E-state index is 12.5. The van der Waals surface area contributed by atoms with E-state index in [2.05, 4.69) is 63.6 Å². The van der Waals surface area contributed by atoms with E-state index in [1.807, 2.05) is 4.90 Å². The molecule has 1 aliphatic heterocycles. The Morgan fingerprint density at radius 2 is 1.86 bits per heavy atom. The number of benzene rings is 1. The lowest BCUT2D eigenvalue weighted by Gasteiger charge is -2.26. The predicted molar refractivity (Wildman–Crippen MR) is 113 cm³/mol. The second kappa shape index (κ2) is 8.39. The predicted octanol–water partition coefficient (Wildman–Crippen LogP) is 4.04. The van der Waals surface area contributed by atoms with Gasteiger partial charge in [0.2, 0.25) is 5.91 Å². The number of nitrogens with zero attached hydrogens (tertiary/aromatic N) is 5. The number of rotatable bonds is 6. The number of fused-ring (bicyclic) bond motifs is 1.